The second-order valence-electron chi connectivity index (χ2n) is 5.81. The van der Waals surface area contributed by atoms with Crippen LogP contribution in [-0.4, -0.2) is 42.0 Å². The molecule has 0 saturated heterocycles. The van der Waals surface area contributed by atoms with Gasteiger partial charge in [0.15, 0.2) is 11.6 Å². The molecule has 3 rings (SSSR count). The quantitative estimate of drug-likeness (QED) is 0.494. The molecule has 0 bridgehead atoms. The summed E-state index contributed by atoms with van der Waals surface area (Å²) in [6.45, 7) is 0.815. The summed E-state index contributed by atoms with van der Waals surface area (Å²) in [5.74, 6) is -0.304. The van der Waals surface area contributed by atoms with Crippen molar-refractivity contribution < 1.29 is 24.2 Å². The Morgan fingerprint density at radius 1 is 1.24 bits per heavy atom. The van der Waals surface area contributed by atoms with Crippen LogP contribution in [0.25, 0.3) is 10.9 Å². The minimum absolute atomic E-state index is 0.101. The zero-order valence-electron chi connectivity index (χ0n) is 13.9. The number of aliphatic hydroxyl groups is 1. The summed E-state index contributed by atoms with van der Waals surface area (Å²) in [5.41, 5.74) is 0.907. The molecule has 0 saturated carbocycles. The van der Waals surface area contributed by atoms with Crippen LogP contribution in [0.15, 0.2) is 41.8 Å². The van der Waals surface area contributed by atoms with Crippen molar-refractivity contribution in [2.45, 2.75) is 19.3 Å². The van der Waals surface area contributed by atoms with Gasteiger partial charge in [0.1, 0.15) is 23.7 Å². The van der Waals surface area contributed by atoms with Gasteiger partial charge in [-0.15, -0.1) is 0 Å². The van der Waals surface area contributed by atoms with Crippen LogP contribution in [-0.2, 0) is 9.53 Å². The second-order valence-corrected chi connectivity index (χ2v) is 5.81. The lowest BCUT2D eigenvalue weighted by Crippen LogP contribution is -2.19. The van der Waals surface area contributed by atoms with Gasteiger partial charge < -0.3 is 14.6 Å². The van der Waals surface area contributed by atoms with Crippen LogP contribution in [0.1, 0.15) is 29.6 Å². The number of fused-ring (bicyclic) bond motifs is 1. The van der Waals surface area contributed by atoms with E-state index in [0.29, 0.717) is 48.3 Å². The maximum Gasteiger partial charge on any atom is 0.200 e. The van der Waals surface area contributed by atoms with Gasteiger partial charge in [-0.05, 0) is 30.7 Å². The molecule has 1 aromatic heterocycles. The fourth-order valence-electron chi connectivity index (χ4n) is 2.85. The van der Waals surface area contributed by atoms with Crippen LogP contribution >= 0.6 is 0 Å². The van der Waals surface area contributed by atoms with Gasteiger partial charge >= 0.3 is 0 Å². The number of aromatic nitrogens is 1. The molecular weight excluding hydrogens is 322 g/mol. The molecule has 130 valence electrons. The highest BCUT2D eigenvalue weighted by Gasteiger charge is 2.27. The lowest BCUT2D eigenvalue weighted by molar-refractivity contribution is -0.116. The predicted octanol–water partition coefficient (Wildman–Crippen LogP) is 3.01. The van der Waals surface area contributed by atoms with Crippen molar-refractivity contribution in [1.29, 1.82) is 0 Å². The van der Waals surface area contributed by atoms with E-state index in [-0.39, 0.29) is 23.5 Å². The minimum Gasteiger partial charge on any atom is -0.511 e. The summed E-state index contributed by atoms with van der Waals surface area (Å²) >= 11 is 0. The number of Topliss-reactive ketones (excluding diaryl/α,β-unsaturated/α-hetero) is 2. The number of hydrogen-bond donors (Lipinski definition) is 1. The maximum absolute atomic E-state index is 12.7. The molecule has 0 spiro atoms. The van der Waals surface area contributed by atoms with Gasteiger partial charge in [0, 0.05) is 37.1 Å². The first-order chi connectivity index (χ1) is 12.1. The van der Waals surface area contributed by atoms with Crippen LogP contribution in [0, 0.1) is 0 Å². The fourth-order valence-corrected chi connectivity index (χ4v) is 2.85. The van der Waals surface area contributed by atoms with E-state index in [4.69, 9.17) is 9.47 Å². The number of hydrogen-bond acceptors (Lipinski definition) is 6. The van der Waals surface area contributed by atoms with E-state index >= 15 is 0 Å². The highest BCUT2D eigenvalue weighted by atomic mass is 16.5. The van der Waals surface area contributed by atoms with Gasteiger partial charge in [0.05, 0.1) is 12.1 Å². The molecule has 0 unspecified atom stereocenters. The zero-order chi connectivity index (χ0) is 17.8. The molecule has 1 aromatic carbocycles. The van der Waals surface area contributed by atoms with Gasteiger partial charge in [-0.3, -0.25) is 14.6 Å². The molecule has 1 N–H and O–H groups in total. The SMILES string of the molecule is COCCOc1ccnc2ccc(C(=O)C3=C(O)CCCC3=O)cc12. The minimum atomic E-state index is -0.462. The van der Waals surface area contributed by atoms with E-state index in [1.807, 2.05) is 0 Å². The Hall–Kier alpha value is -2.73. The van der Waals surface area contributed by atoms with Crippen LogP contribution in [0.4, 0.5) is 0 Å². The van der Waals surface area contributed by atoms with Crippen LogP contribution in [0.2, 0.25) is 0 Å². The van der Waals surface area contributed by atoms with Gasteiger partial charge in [-0.2, -0.15) is 0 Å². The monoisotopic (exact) mass is 341 g/mol. The lowest BCUT2D eigenvalue weighted by atomic mass is 9.90. The predicted molar refractivity (Wildman–Crippen MR) is 92.0 cm³/mol. The van der Waals surface area contributed by atoms with Crippen molar-refractivity contribution >= 4 is 22.5 Å². The largest absolute Gasteiger partial charge is 0.511 e. The van der Waals surface area contributed by atoms with Gasteiger partial charge in [0.2, 0.25) is 0 Å². The van der Waals surface area contributed by atoms with Gasteiger partial charge in [0.25, 0.3) is 0 Å². The van der Waals surface area contributed by atoms with E-state index in [1.54, 1.807) is 37.6 Å². The summed E-state index contributed by atoms with van der Waals surface area (Å²) < 4.78 is 10.7. The molecule has 2 aromatic rings. The molecule has 6 nitrogen and oxygen atoms in total. The summed E-state index contributed by atoms with van der Waals surface area (Å²) in [4.78, 5) is 29.0. The van der Waals surface area contributed by atoms with Crippen molar-refractivity contribution in [3.8, 4) is 5.75 Å². The Labute approximate surface area is 145 Å². The molecule has 25 heavy (non-hydrogen) atoms. The van der Waals surface area contributed by atoms with E-state index in [2.05, 4.69) is 4.98 Å². The molecule has 0 amide bonds. The summed E-state index contributed by atoms with van der Waals surface area (Å²) in [7, 11) is 1.59. The van der Waals surface area contributed by atoms with Gasteiger partial charge in [-0.1, -0.05) is 0 Å². The Morgan fingerprint density at radius 3 is 2.84 bits per heavy atom. The Balaban J connectivity index is 1.98. The van der Waals surface area contributed by atoms with Crippen molar-refractivity contribution in [2.24, 2.45) is 0 Å². The second kappa shape index (κ2) is 7.44. The third-order valence-electron chi connectivity index (χ3n) is 4.12. The average Bonchev–Trinajstić information content (AvgIpc) is 2.61. The Bertz CT molecular complexity index is 856. The van der Waals surface area contributed by atoms with Crippen molar-refractivity contribution in [3.05, 3.63) is 47.4 Å². The molecule has 1 aliphatic rings. The average molecular weight is 341 g/mol. The first-order valence-electron chi connectivity index (χ1n) is 8.12. The Kier molecular flexibility index (Phi) is 5.09. The molecule has 0 radical (unpaired) electrons. The lowest BCUT2D eigenvalue weighted by Gasteiger charge is -2.14. The number of allylic oxidation sites excluding steroid dienone is 2. The number of benzene rings is 1. The van der Waals surface area contributed by atoms with Crippen molar-refractivity contribution in [2.75, 3.05) is 20.3 Å². The number of pyridine rings is 1. The molecule has 0 atom stereocenters. The van der Waals surface area contributed by atoms with E-state index in [0.717, 1.165) is 0 Å². The molecular formula is C19H19NO5. The molecule has 1 aliphatic carbocycles. The molecule has 6 heteroatoms. The zero-order valence-corrected chi connectivity index (χ0v) is 13.9. The van der Waals surface area contributed by atoms with Crippen molar-refractivity contribution in [3.63, 3.8) is 0 Å². The third-order valence-corrected chi connectivity index (χ3v) is 4.12. The summed E-state index contributed by atoms with van der Waals surface area (Å²) in [6.07, 6.45) is 2.84. The normalized spacial score (nSPS) is 14.8. The smallest absolute Gasteiger partial charge is 0.200 e. The third kappa shape index (κ3) is 3.53. The number of carbonyl (C=O) groups is 2. The van der Waals surface area contributed by atoms with E-state index in [9.17, 15) is 14.7 Å². The Morgan fingerprint density at radius 2 is 2.08 bits per heavy atom. The number of nitrogens with zero attached hydrogens (tertiary/aromatic N) is 1. The van der Waals surface area contributed by atoms with Crippen LogP contribution < -0.4 is 4.74 Å². The number of carbonyl (C=O) groups excluding carboxylic acids is 2. The highest BCUT2D eigenvalue weighted by Crippen LogP contribution is 2.28. The number of aliphatic hydroxyl groups excluding tert-OH is 1. The highest BCUT2D eigenvalue weighted by molar-refractivity contribution is 6.27. The van der Waals surface area contributed by atoms with Crippen LogP contribution in [0.5, 0.6) is 5.75 Å². The van der Waals surface area contributed by atoms with E-state index < -0.39 is 5.78 Å². The van der Waals surface area contributed by atoms with E-state index in [1.165, 1.54) is 0 Å². The first kappa shape index (κ1) is 17.1. The maximum atomic E-state index is 12.7. The van der Waals surface area contributed by atoms with Gasteiger partial charge in [-0.25, -0.2) is 0 Å². The topological polar surface area (TPSA) is 85.7 Å². The molecule has 1 heterocycles. The fraction of sp³-hybridized carbons (Fsp3) is 0.316. The van der Waals surface area contributed by atoms with Crippen molar-refractivity contribution in [1.82, 2.24) is 4.98 Å². The first-order valence-corrected chi connectivity index (χ1v) is 8.12. The summed E-state index contributed by atoms with van der Waals surface area (Å²) in [6, 6.07) is 6.68. The molecule has 0 fully saturated rings. The number of ether oxygens (including phenoxy) is 2. The standard InChI is InChI=1S/C19H19NO5/c1-24-9-10-25-17-7-8-20-14-6-5-12(11-13(14)17)19(23)18-15(21)3-2-4-16(18)22/h5-8,11,21H,2-4,9-10H2,1H3. The molecule has 0 aliphatic heterocycles. The van der Waals surface area contributed by atoms with Crippen LogP contribution in [0.3, 0.4) is 0 Å². The number of ketones is 2. The summed E-state index contributed by atoms with van der Waals surface area (Å²) in [5, 5.41) is 10.6. The number of rotatable bonds is 6. The number of methoxy groups -OCH3 is 1.